The van der Waals surface area contributed by atoms with Gasteiger partial charge in [-0.3, -0.25) is 0 Å². The number of aromatic amines is 1. The molecule has 130 valence electrons. The SMILES string of the molecule is CCCC1Cc2c([nH]c3ccc(OCc4ccccc4)cc23)C(N)C1. The Morgan fingerprint density at radius 2 is 2.00 bits per heavy atom. The van der Waals surface area contributed by atoms with Crippen LogP contribution < -0.4 is 10.5 Å². The van der Waals surface area contributed by atoms with Gasteiger partial charge in [0.25, 0.3) is 0 Å². The van der Waals surface area contributed by atoms with Gasteiger partial charge >= 0.3 is 0 Å². The number of fused-ring (bicyclic) bond motifs is 3. The molecule has 3 aromatic rings. The minimum absolute atomic E-state index is 0.126. The van der Waals surface area contributed by atoms with Gasteiger partial charge in [0.05, 0.1) is 0 Å². The third-order valence-corrected chi connectivity index (χ3v) is 5.31. The van der Waals surface area contributed by atoms with Crippen LogP contribution in [0.1, 0.15) is 49.0 Å². The van der Waals surface area contributed by atoms with Crippen molar-refractivity contribution in [1.82, 2.24) is 4.98 Å². The van der Waals surface area contributed by atoms with E-state index in [1.54, 1.807) is 0 Å². The third-order valence-electron chi connectivity index (χ3n) is 5.31. The van der Waals surface area contributed by atoms with Crippen molar-refractivity contribution in [3.8, 4) is 5.75 Å². The summed E-state index contributed by atoms with van der Waals surface area (Å²) in [6.45, 7) is 2.85. The molecule has 3 nitrogen and oxygen atoms in total. The van der Waals surface area contributed by atoms with E-state index >= 15 is 0 Å². The first-order valence-electron chi connectivity index (χ1n) is 9.31. The fraction of sp³-hybridized carbons (Fsp3) is 0.364. The van der Waals surface area contributed by atoms with E-state index in [1.807, 2.05) is 24.3 Å². The molecule has 1 aliphatic carbocycles. The molecule has 0 saturated carbocycles. The highest BCUT2D eigenvalue weighted by molar-refractivity contribution is 5.86. The predicted molar refractivity (Wildman–Crippen MR) is 103 cm³/mol. The molecule has 3 heteroatoms. The topological polar surface area (TPSA) is 51.0 Å². The summed E-state index contributed by atoms with van der Waals surface area (Å²) in [5.74, 6) is 1.62. The van der Waals surface area contributed by atoms with Gasteiger partial charge in [0.15, 0.2) is 0 Å². The van der Waals surface area contributed by atoms with Crippen LogP contribution in [0.4, 0.5) is 0 Å². The maximum atomic E-state index is 6.44. The Bertz CT molecular complexity index is 853. The van der Waals surface area contributed by atoms with Gasteiger partial charge in [0.1, 0.15) is 12.4 Å². The van der Waals surface area contributed by atoms with Crippen molar-refractivity contribution < 1.29 is 4.74 Å². The lowest BCUT2D eigenvalue weighted by atomic mass is 9.81. The number of H-pyrrole nitrogens is 1. The van der Waals surface area contributed by atoms with E-state index in [4.69, 9.17) is 10.5 Å². The van der Waals surface area contributed by atoms with Gasteiger partial charge in [-0.05, 0) is 48.1 Å². The lowest BCUT2D eigenvalue weighted by molar-refractivity contribution is 0.306. The van der Waals surface area contributed by atoms with Crippen LogP contribution in [0.5, 0.6) is 5.75 Å². The van der Waals surface area contributed by atoms with E-state index < -0.39 is 0 Å². The normalized spacial score (nSPS) is 19.8. The van der Waals surface area contributed by atoms with E-state index in [-0.39, 0.29) is 6.04 Å². The summed E-state index contributed by atoms with van der Waals surface area (Å²) in [5, 5.41) is 1.27. The molecular weight excluding hydrogens is 308 g/mol. The number of ether oxygens (including phenoxy) is 1. The van der Waals surface area contributed by atoms with Gasteiger partial charge < -0.3 is 15.5 Å². The Morgan fingerprint density at radius 3 is 2.80 bits per heavy atom. The molecule has 0 saturated heterocycles. The Labute approximate surface area is 149 Å². The molecule has 1 aliphatic rings. The quantitative estimate of drug-likeness (QED) is 0.681. The first-order chi connectivity index (χ1) is 12.2. The summed E-state index contributed by atoms with van der Waals surface area (Å²) < 4.78 is 6.02. The summed E-state index contributed by atoms with van der Waals surface area (Å²) in [4.78, 5) is 3.55. The molecule has 0 spiro atoms. The second-order valence-electron chi connectivity index (χ2n) is 7.20. The van der Waals surface area contributed by atoms with Crippen LogP contribution in [-0.2, 0) is 13.0 Å². The Hall–Kier alpha value is -2.26. The van der Waals surface area contributed by atoms with E-state index in [1.165, 1.54) is 40.6 Å². The van der Waals surface area contributed by atoms with Gasteiger partial charge in [-0.1, -0.05) is 50.1 Å². The van der Waals surface area contributed by atoms with Crippen molar-refractivity contribution in [3.05, 3.63) is 65.4 Å². The number of benzene rings is 2. The number of aromatic nitrogens is 1. The minimum Gasteiger partial charge on any atom is -0.489 e. The van der Waals surface area contributed by atoms with E-state index in [0.717, 1.165) is 18.6 Å². The first-order valence-corrected chi connectivity index (χ1v) is 9.31. The Balaban J connectivity index is 1.61. The van der Waals surface area contributed by atoms with Crippen molar-refractivity contribution in [2.45, 2.75) is 45.3 Å². The van der Waals surface area contributed by atoms with Gasteiger partial charge in [-0.15, -0.1) is 0 Å². The summed E-state index contributed by atoms with van der Waals surface area (Å²) in [6, 6.07) is 16.8. The zero-order chi connectivity index (χ0) is 17.2. The summed E-state index contributed by atoms with van der Waals surface area (Å²) >= 11 is 0. The largest absolute Gasteiger partial charge is 0.489 e. The molecule has 0 fully saturated rings. The molecular formula is C22H26N2O. The van der Waals surface area contributed by atoms with Crippen molar-refractivity contribution in [3.63, 3.8) is 0 Å². The highest BCUT2D eigenvalue weighted by Crippen LogP contribution is 2.38. The summed E-state index contributed by atoms with van der Waals surface area (Å²) in [5.41, 5.74) is 11.4. The minimum atomic E-state index is 0.126. The van der Waals surface area contributed by atoms with Crippen LogP contribution >= 0.6 is 0 Å². The van der Waals surface area contributed by atoms with Crippen LogP contribution in [0.3, 0.4) is 0 Å². The molecule has 2 aromatic carbocycles. The molecule has 0 bridgehead atoms. The molecule has 2 atom stereocenters. The average molecular weight is 334 g/mol. The maximum absolute atomic E-state index is 6.44. The first kappa shape index (κ1) is 16.2. The Morgan fingerprint density at radius 1 is 1.16 bits per heavy atom. The average Bonchev–Trinajstić information content (AvgIpc) is 3.00. The van der Waals surface area contributed by atoms with Crippen LogP contribution in [-0.4, -0.2) is 4.98 Å². The number of rotatable bonds is 5. The molecule has 0 aliphatic heterocycles. The van der Waals surface area contributed by atoms with E-state index in [2.05, 4.69) is 36.2 Å². The van der Waals surface area contributed by atoms with Crippen LogP contribution in [0.15, 0.2) is 48.5 Å². The van der Waals surface area contributed by atoms with E-state index in [0.29, 0.717) is 12.5 Å². The van der Waals surface area contributed by atoms with Crippen molar-refractivity contribution in [2.75, 3.05) is 0 Å². The highest BCUT2D eigenvalue weighted by atomic mass is 16.5. The van der Waals surface area contributed by atoms with Gasteiger partial charge in [-0.2, -0.15) is 0 Å². The lowest BCUT2D eigenvalue weighted by Crippen LogP contribution is -2.23. The monoisotopic (exact) mass is 334 g/mol. The second-order valence-corrected chi connectivity index (χ2v) is 7.20. The van der Waals surface area contributed by atoms with Gasteiger partial charge in [-0.25, -0.2) is 0 Å². The van der Waals surface area contributed by atoms with Crippen molar-refractivity contribution in [1.29, 1.82) is 0 Å². The molecule has 0 radical (unpaired) electrons. The third kappa shape index (κ3) is 3.29. The fourth-order valence-corrected chi connectivity index (χ4v) is 4.09. The summed E-state index contributed by atoms with van der Waals surface area (Å²) in [7, 11) is 0. The van der Waals surface area contributed by atoms with Crippen molar-refractivity contribution in [2.24, 2.45) is 11.7 Å². The predicted octanol–water partition coefficient (Wildman–Crippen LogP) is 5.11. The van der Waals surface area contributed by atoms with Crippen LogP contribution in [0.2, 0.25) is 0 Å². The lowest BCUT2D eigenvalue weighted by Gasteiger charge is -2.27. The molecule has 1 heterocycles. The highest BCUT2D eigenvalue weighted by Gasteiger charge is 2.27. The fourth-order valence-electron chi connectivity index (χ4n) is 4.09. The molecule has 2 unspecified atom stereocenters. The van der Waals surface area contributed by atoms with Crippen LogP contribution in [0.25, 0.3) is 10.9 Å². The zero-order valence-corrected chi connectivity index (χ0v) is 14.8. The molecule has 1 aromatic heterocycles. The smallest absolute Gasteiger partial charge is 0.120 e. The number of hydrogen-bond acceptors (Lipinski definition) is 2. The van der Waals surface area contributed by atoms with Gasteiger partial charge in [0.2, 0.25) is 0 Å². The molecule has 4 rings (SSSR count). The Kier molecular flexibility index (Phi) is 4.50. The zero-order valence-electron chi connectivity index (χ0n) is 14.8. The molecule has 3 N–H and O–H groups in total. The summed E-state index contributed by atoms with van der Waals surface area (Å²) in [6.07, 6.45) is 4.69. The number of hydrogen-bond donors (Lipinski definition) is 2. The second kappa shape index (κ2) is 6.93. The standard InChI is InChI=1S/C22H26N2O/c1-2-6-16-11-19-18-13-17(25-14-15-7-4-3-5-8-15)9-10-21(18)24-22(19)20(23)12-16/h3-5,7-10,13,16,20,24H,2,6,11-12,14,23H2,1H3. The van der Waals surface area contributed by atoms with Crippen LogP contribution in [0, 0.1) is 5.92 Å². The maximum Gasteiger partial charge on any atom is 0.120 e. The van der Waals surface area contributed by atoms with E-state index in [9.17, 15) is 0 Å². The molecule has 25 heavy (non-hydrogen) atoms. The number of nitrogens with two attached hydrogens (primary N) is 1. The van der Waals surface area contributed by atoms with Gasteiger partial charge in [0, 0.05) is 22.6 Å². The van der Waals surface area contributed by atoms with Crippen molar-refractivity contribution >= 4 is 10.9 Å². The number of nitrogens with one attached hydrogen (secondary N) is 1. The molecule has 0 amide bonds.